The SMILES string of the molecule is N[C@@](CCCC[B-](O)(O)O)(C(=O)O)C1CCN(Cc2ccc(Cl)cc2)CC1. The average Bonchev–Trinajstić information content (AvgIpc) is 2.60. The first-order chi connectivity index (χ1) is 12.6. The fourth-order valence-electron chi connectivity index (χ4n) is 3.78. The summed E-state index contributed by atoms with van der Waals surface area (Å²) in [5.41, 5.74) is 6.10. The first-order valence-corrected chi connectivity index (χ1v) is 9.80. The van der Waals surface area contributed by atoms with E-state index in [0.29, 0.717) is 30.7 Å². The summed E-state index contributed by atoms with van der Waals surface area (Å²) in [5.74, 6) is -1.16. The lowest BCUT2D eigenvalue weighted by Crippen LogP contribution is -2.56. The van der Waals surface area contributed by atoms with Gasteiger partial charge in [0.25, 0.3) is 0 Å². The summed E-state index contributed by atoms with van der Waals surface area (Å²) in [4.78, 5) is 14.1. The number of hydrogen-bond acceptors (Lipinski definition) is 6. The van der Waals surface area contributed by atoms with Crippen LogP contribution in [-0.2, 0) is 11.3 Å². The van der Waals surface area contributed by atoms with Gasteiger partial charge < -0.3 is 25.9 Å². The zero-order valence-corrected chi connectivity index (χ0v) is 16.2. The van der Waals surface area contributed by atoms with Gasteiger partial charge in [0.2, 0.25) is 0 Å². The van der Waals surface area contributed by atoms with Gasteiger partial charge in [0, 0.05) is 11.6 Å². The summed E-state index contributed by atoms with van der Waals surface area (Å²) >= 11 is 5.91. The quantitative estimate of drug-likeness (QED) is 0.314. The maximum atomic E-state index is 11.8. The van der Waals surface area contributed by atoms with Crippen LogP contribution < -0.4 is 5.73 Å². The summed E-state index contributed by atoms with van der Waals surface area (Å²) < 4.78 is 0. The highest BCUT2D eigenvalue weighted by atomic mass is 35.5. The molecular weight excluding hydrogens is 370 g/mol. The fourth-order valence-corrected chi connectivity index (χ4v) is 3.90. The van der Waals surface area contributed by atoms with Gasteiger partial charge in [0.15, 0.2) is 0 Å². The molecule has 0 aromatic heterocycles. The number of unbranched alkanes of at least 4 members (excludes halogenated alkanes) is 1. The third-order valence-corrected chi connectivity index (χ3v) is 5.72. The molecular formula is C18H29BClN2O5-. The average molecular weight is 400 g/mol. The van der Waals surface area contributed by atoms with Gasteiger partial charge in [-0.3, -0.25) is 9.69 Å². The molecule has 1 aromatic carbocycles. The van der Waals surface area contributed by atoms with Crippen molar-refractivity contribution in [1.82, 2.24) is 4.90 Å². The standard InChI is InChI=1S/C18H29BClN2O5/c20-16-5-3-14(4-6-16)13-22-11-7-15(8-12-22)18(21,17(23)24)9-1-2-10-19(25,26)27/h3-6,15,25-27H,1-2,7-13,21H2,(H,23,24)/q-1/t18-/m1/s1. The van der Waals surface area contributed by atoms with E-state index in [1.807, 2.05) is 24.3 Å². The van der Waals surface area contributed by atoms with E-state index in [9.17, 15) is 9.90 Å². The highest BCUT2D eigenvalue weighted by Crippen LogP contribution is 2.32. The van der Waals surface area contributed by atoms with E-state index in [4.69, 9.17) is 32.4 Å². The van der Waals surface area contributed by atoms with Crippen molar-refractivity contribution in [2.75, 3.05) is 13.1 Å². The Labute approximate surface area is 164 Å². The molecule has 0 unspecified atom stereocenters. The van der Waals surface area contributed by atoms with Crippen LogP contribution in [0.4, 0.5) is 0 Å². The van der Waals surface area contributed by atoms with Gasteiger partial charge >= 0.3 is 12.7 Å². The summed E-state index contributed by atoms with van der Waals surface area (Å²) in [6.45, 7) is -0.985. The van der Waals surface area contributed by atoms with Crippen molar-refractivity contribution in [3.05, 3.63) is 34.9 Å². The highest BCUT2D eigenvalue weighted by molar-refractivity contribution is 6.56. The van der Waals surface area contributed by atoms with E-state index in [1.165, 1.54) is 0 Å². The Kier molecular flexibility index (Phi) is 7.68. The number of hydrogen-bond donors (Lipinski definition) is 5. The Morgan fingerprint density at radius 3 is 2.30 bits per heavy atom. The third kappa shape index (κ3) is 6.74. The van der Waals surface area contributed by atoms with Crippen molar-refractivity contribution >= 4 is 24.3 Å². The second kappa shape index (κ2) is 9.36. The molecule has 9 heteroatoms. The maximum Gasteiger partial charge on any atom is 0.371 e. The minimum atomic E-state index is -3.33. The Balaban J connectivity index is 1.86. The molecule has 0 radical (unpaired) electrons. The number of rotatable bonds is 9. The number of carbonyl (C=O) groups is 1. The molecule has 1 fully saturated rings. The van der Waals surface area contributed by atoms with Gasteiger partial charge in [-0.25, -0.2) is 0 Å². The topological polar surface area (TPSA) is 127 Å². The minimum absolute atomic E-state index is 0.135. The zero-order valence-electron chi connectivity index (χ0n) is 15.4. The molecule has 1 aromatic rings. The zero-order chi connectivity index (χ0) is 20.1. The number of benzene rings is 1. The van der Waals surface area contributed by atoms with Gasteiger partial charge in [-0.15, -0.1) is 0 Å². The van der Waals surface area contributed by atoms with Crippen LogP contribution in [-0.4, -0.2) is 56.4 Å². The molecule has 0 spiro atoms. The maximum absolute atomic E-state index is 11.8. The predicted octanol–water partition coefficient (Wildman–Crippen LogP) is 1.42. The van der Waals surface area contributed by atoms with Crippen molar-refractivity contribution < 1.29 is 25.0 Å². The highest BCUT2D eigenvalue weighted by Gasteiger charge is 2.42. The van der Waals surface area contributed by atoms with E-state index in [2.05, 4.69) is 4.90 Å². The van der Waals surface area contributed by atoms with Crippen LogP contribution in [0.1, 0.15) is 37.7 Å². The Morgan fingerprint density at radius 2 is 1.78 bits per heavy atom. The van der Waals surface area contributed by atoms with Gasteiger partial charge in [0.05, 0.1) is 0 Å². The predicted molar refractivity (Wildman–Crippen MR) is 105 cm³/mol. The van der Waals surface area contributed by atoms with Crippen molar-refractivity contribution in [1.29, 1.82) is 0 Å². The molecule has 0 saturated carbocycles. The first-order valence-electron chi connectivity index (χ1n) is 9.42. The molecule has 0 amide bonds. The number of piperidine rings is 1. The number of likely N-dealkylation sites (tertiary alicyclic amines) is 1. The van der Waals surface area contributed by atoms with Crippen molar-refractivity contribution in [2.45, 2.75) is 50.5 Å². The normalized spacial score (nSPS) is 19.0. The van der Waals surface area contributed by atoms with Gasteiger partial charge in [-0.1, -0.05) is 42.9 Å². The lowest BCUT2D eigenvalue weighted by Gasteiger charge is -2.40. The molecule has 1 saturated heterocycles. The van der Waals surface area contributed by atoms with Crippen LogP contribution in [0, 0.1) is 5.92 Å². The number of aliphatic carboxylic acids is 1. The van der Waals surface area contributed by atoms with Crippen LogP contribution in [0.5, 0.6) is 0 Å². The molecule has 1 heterocycles. The number of carboxylic acids is 1. The van der Waals surface area contributed by atoms with Gasteiger partial charge in [-0.2, -0.15) is 0 Å². The van der Waals surface area contributed by atoms with Crippen molar-refractivity contribution in [3.63, 3.8) is 0 Å². The Bertz CT molecular complexity index is 617. The monoisotopic (exact) mass is 399 g/mol. The molecule has 6 N–H and O–H groups in total. The number of nitrogens with zero attached hydrogens (tertiary/aromatic N) is 1. The lowest BCUT2D eigenvalue weighted by atomic mass is 9.71. The summed E-state index contributed by atoms with van der Waals surface area (Å²) in [6, 6.07) is 7.70. The molecule has 7 nitrogen and oxygen atoms in total. The van der Waals surface area contributed by atoms with Gasteiger partial charge in [-0.05, 0) is 56.0 Å². The molecule has 1 aliphatic heterocycles. The number of nitrogens with two attached hydrogens (primary N) is 1. The third-order valence-electron chi connectivity index (χ3n) is 5.47. The molecule has 0 aliphatic carbocycles. The second-order valence-corrected chi connectivity index (χ2v) is 8.10. The van der Waals surface area contributed by atoms with E-state index in [-0.39, 0.29) is 18.7 Å². The largest absolute Gasteiger partial charge is 0.560 e. The van der Waals surface area contributed by atoms with Gasteiger partial charge in [0.1, 0.15) is 5.54 Å². The van der Waals surface area contributed by atoms with Crippen molar-refractivity contribution in [2.24, 2.45) is 11.7 Å². The van der Waals surface area contributed by atoms with E-state index < -0.39 is 18.3 Å². The molecule has 152 valence electrons. The smallest absolute Gasteiger partial charge is 0.371 e. The molecule has 27 heavy (non-hydrogen) atoms. The van der Waals surface area contributed by atoms with Crippen LogP contribution >= 0.6 is 11.6 Å². The van der Waals surface area contributed by atoms with E-state index >= 15 is 0 Å². The molecule has 0 bridgehead atoms. The van der Waals surface area contributed by atoms with E-state index in [0.717, 1.165) is 25.2 Å². The van der Waals surface area contributed by atoms with Crippen LogP contribution in [0.2, 0.25) is 11.3 Å². The lowest BCUT2D eigenvalue weighted by molar-refractivity contribution is -0.147. The molecule has 1 atom stereocenters. The number of halogens is 1. The molecule has 2 rings (SSSR count). The van der Waals surface area contributed by atoms with Crippen LogP contribution in [0.15, 0.2) is 24.3 Å². The summed E-state index contributed by atoms with van der Waals surface area (Å²) in [5, 5.41) is 37.3. The van der Waals surface area contributed by atoms with Crippen LogP contribution in [0.3, 0.4) is 0 Å². The van der Waals surface area contributed by atoms with Crippen molar-refractivity contribution in [3.8, 4) is 0 Å². The Morgan fingerprint density at radius 1 is 1.19 bits per heavy atom. The number of carboxylic acid groups (broad SMARTS) is 1. The summed E-state index contributed by atoms with van der Waals surface area (Å²) in [6.07, 6.45) is 2.20. The van der Waals surface area contributed by atoms with Crippen LogP contribution in [0.25, 0.3) is 0 Å². The van der Waals surface area contributed by atoms with E-state index in [1.54, 1.807) is 0 Å². The first kappa shape index (κ1) is 22.1. The minimum Gasteiger partial charge on any atom is -0.560 e. The molecule has 1 aliphatic rings. The second-order valence-electron chi connectivity index (χ2n) is 7.66. The summed E-state index contributed by atoms with van der Waals surface area (Å²) in [7, 11) is 0. The Hall–Kier alpha value is -1.16. The fraction of sp³-hybridized carbons (Fsp3) is 0.611.